The Hall–Kier alpha value is -4.25. The fourth-order valence-electron chi connectivity index (χ4n) is 4.67. The standard InChI is InChI=1S/C29H33NO10/c1-17(31)37-25(22-13-9-6-10-14-22)29(35)30-24-23(16-36-15-21-11-7-5-8-12-21)26(38-18(2)32)28(40-20(4)34)27(24)39-19(3)33/h5-14,23-28H,15-16H2,1-4H3,(H,30,35)/t23-,24-,25-,26+,27-,28+/m0/s1. The summed E-state index contributed by atoms with van der Waals surface area (Å²) in [6.45, 7) is 4.81. The number of amides is 1. The molecule has 1 aliphatic rings. The third-order valence-electron chi connectivity index (χ3n) is 6.15. The zero-order valence-electron chi connectivity index (χ0n) is 22.7. The Morgan fingerprint density at radius 3 is 1.77 bits per heavy atom. The van der Waals surface area contributed by atoms with Crippen LogP contribution in [-0.4, -0.2) is 60.7 Å². The Kier molecular flexibility index (Phi) is 10.8. The van der Waals surface area contributed by atoms with Gasteiger partial charge in [-0.1, -0.05) is 60.7 Å². The lowest BCUT2D eigenvalue weighted by Crippen LogP contribution is -2.50. The van der Waals surface area contributed by atoms with Crippen molar-refractivity contribution in [2.75, 3.05) is 6.61 Å². The van der Waals surface area contributed by atoms with Crippen molar-refractivity contribution < 1.29 is 47.7 Å². The number of carbonyl (C=O) groups excluding carboxylic acids is 5. The fourth-order valence-corrected chi connectivity index (χ4v) is 4.67. The molecule has 11 heteroatoms. The van der Waals surface area contributed by atoms with Gasteiger partial charge in [0.15, 0.2) is 12.2 Å². The second-order valence-corrected chi connectivity index (χ2v) is 9.32. The molecule has 0 heterocycles. The first-order valence-electron chi connectivity index (χ1n) is 12.7. The molecule has 2 aromatic carbocycles. The molecule has 0 spiro atoms. The lowest BCUT2D eigenvalue weighted by atomic mass is 10.0. The van der Waals surface area contributed by atoms with Crippen LogP contribution in [0.25, 0.3) is 0 Å². The van der Waals surface area contributed by atoms with Crippen molar-refractivity contribution in [1.29, 1.82) is 0 Å². The first kappa shape index (κ1) is 30.3. The van der Waals surface area contributed by atoms with Gasteiger partial charge in [-0.25, -0.2) is 0 Å². The van der Waals surface area contributed by atoms with Crippen LogP contribution in [0, 0.1) is 5.92 Å². The van der Waals surface area contributed by atoms with Crippen LogP contribution in [-0.2, 0) is 54.3 Å². The van der Waals surface area contributed by atoms with Gasteiger partial charge in [0.25, 0.3) is 5.91 Å². The molecule has 1 saturated carbocycles. The molecule has 214 valence electrons. The highest BCUT2D eigenvalue weighted by molar-refractivity contribution is 5.85. The predicted molar refractivity (Wildman–Crippen MR) is 139 cm³/mol. The molecule has 0 aliphatic heterocycles. The number of ether oxygens (including phenoxy) is 5. The molecule has 0 unspecified atom stereocenters. The third kappa shape index (κ3) is 8.37. The lowest BCUT2D eigenvalue weighted by molar-refractivity contribution is -0.176. The molecule has 0 bridgehead atoms. The van der Waals surface area contributed by atoms with E-state index in [4.69, 9.17) is 23.7 Å². The molecule has 1 fully saturated rings. The maximum Gasteiger partial charge on any atom is 0.303 e. The van der Waals surface area contributed by atoms with Crippen LogP contribution < -0.4 is 5.32 Å². The fraction of sp³-hybridized carbons (Fsp3) is 0.414. The van der Waals surface area contributed by atoms with Crippen molar-refractivity contribution in [1.82, 2.24) is 5.32 Å². The van der Waals surface area contributed by atoms with Crippen molar-refractivity contribution in [3.8, 4) is 0 Å². The normalized spacial score (nSPS) is 22.4. The van der Waals surface area contributed by atoms with E-state index in [1.54, 1.807) is 30.3 Å². The summed E-state index contributed by atoms with van der Waals surface area (Å²) in [5.41, 5.74) is 1.28. The first-order valence-corrected chi connectivity index (χ1v) is 12.7. The maximum absolute atomic E-state index is 13.6. The van der Waals surface area contributed by atoms with Gasteiger partial charge in [-0.2, -0.15) is 0 Å². The molecule has 6 atom stereocenters. The Bertz CT molecular complexity index is 1190. The second kappa shape index (κ2) is 14.2. The minimum Gasteiger partial charge on any atom is -0.458 e. The number of hydrogen-bond acceptors (Lipinski definition) is 10. The average Bonchev–Trinajstić information content (AvgIpc) is 3.13. The molecule has 3 rings (SSSR count). The number of hydrogen-bond donors (Lipinski definition) is 1. The number of benzene rings is 2. The van der Waals surface area contributed by atoms with Crippen LogP contribution in [0.2, 0.25) is 0 Å². The highest BCUT2D eigenvalue weighted by Gasteiger charge is 2.57. The van der Waals surface area contributed by atoms with Crippen LogP contribution in [0.5, 0.6) is 0 Å². The summed E-state index contributed by atoms with van der Waals surface area (Å²) in [4.78, 5) is 61.7. The van der Waals surface area contributed by atoms with Gasteiger partial charge in [0, 0.05) is 39.2 Å². The number of nitrogens with one attached hydrogen (secondary N) is 1. The van der Waals surface area contributed by atoms with Crippen LogP contribution in [0.3, 0.4) is 0 Å². The van der Waals surface area contributed by atoms with Crippen molar-refractivity contribution in [3.63, 3.8) is 0 Å². The summed E-state index contributed by atoms with van der Waals surface area (Å²) >= 11 is 0. The molecule has 1 amide bonds. The maximum atomic E-state index is 13.6. The van der Waals surface area contributed by atoms with E-state index in [1.165, 1.54) is 13.8 Å². The zero-order valence-corrected chi connectivity index (χ0v) is 22.7. The largest absolute Gasteiger partial charge is 0.458 e. The minimum absolute atomic E-state index is 0.0725. The van der Waals surface area contributed by atoms with Crippen molar-refractivity contribution in [2.45, 2.75) is 64.8 Å². The van der Waals surface area contributed by atoms with Crippen LogP contribution >= 0.6 is 0 Å². The van der Waals surface area contributed by atoms with Crippen molar-refractivity contribution in [2.24, 2.45) is 5.92 Å². The molecular formula is C29H33NO10. The summed E-state index contributed by atoms with van der Waals surface area (Å²) in [6.07, 6.45) is -4.95. The van der Waals surface area contributed by atoms with Crippen LogP contribution in [0.1, 0.15) is 44.9 Å². The minimum atomic E-state index is -1.33. The molecule has 40 heavy (non-hydrogen) atoms. The Balaban J connectivity index is 1.98. The van der Waals surface area contributed by atoms with Gasteiger partial charge in [0.05, 0.1) is 19.3 Å². The van der Waals surface area contributed by atoms with E-state index in [1.807, 2.05) is 30.3 Å². The summed E-state index contributed by atoms with van der Waals surface area (Å²) in [5.74, 6) is -4.33. The molecular weight excluding hydrogens is 522 g/mol. The number of esters is 4. The van der Waals surface area contributed by atoms with E-state index in [2.05, 4.69) is 5.32 Å². The molecule has 0 saturated heterocycles. The monoisotopic (exact) mass is 555 g/mol. The SMILES string of the molecule is CC(=O)O[C@@H]1[C@H](OC(C)=O)[C@@H](COCc2ccccc2)[C@H](NC(=O)[C@@H](OC(C)=O)c2ccccc2)[C@@H]1OC(C)=O. The summed E-state index contributed by atoms with van der Waals surface area (Å²) in [6, 6.07) is 16.6. The van der Waals surface area contributed by atoms with E-state index in [9.17, 15) is 24.0 Å². The van der Waals surface area contributed by atoms with Gasteiger partial charge in [0.2, 0.25) is 6.10 Å². The summed E-state index contributed by atoms with van der Waals surface area (Å²) in [7, 11) is 0. The highest BCUT2D eigenvalue weighted by Crippen LogP contribution is 2.36. The zero-order chi connectivity index (χ0) is 29.2. The molecule has 0 radical (unpaired) electrons. The van der Waals surface area contributed by atoms with E-state index in [0.29, 0.717) is 5.56 Å². The van der Waals surface area contributed by atoms with Gasteiger partial charge >= 0.3 is 23.9 Å². The predicted octanol–water partition coefficient (Wildman–Crippen LogP) is 2.42. The van der Waals surface area contributed by atoms with E-state index in [-0.39, 0.29) is 13.2 Å². The molecule has 1 aliphatic carbocycles. The number of carbonyl (C=O) groups is 5. The van der Waals surface area contributed by atoms with Crippen molar-refractivity contribution in [3.05, 3.63) is 71.8 Å². The highest BCUT2D eigenvalue weighted by atomic mass is 16.6. The topological polar surface area (TPSA) is 144 Å². The van der Waals surface area contributed by atoms with Crippen LogP contribution in [0.4, 0.5) is 0 Å². The van der Waals surface area contributed by atoms with Crippen LogP contribution in [0.15, 0.2) is 60.7 Å². The van der Waals surface area contributed by atoms with E-state index >= 15 is 0 Å². The first-order chi connectivity index (χ1) is 19.1. The second-order valence-electron chi connectivity index (χ2n) is 9.32. The Morgan fingerprint density at radius 2 is 1.23 bits per heavy atom. The third-order valence-corrected chi connectivity index (χ3v) is 6.15. The molecule has 2 aromatic rings. The smallest absolute Gasteiger partial charge is 0.303 e. The van der Waals surface area contributed by atoms with Gasteiger partial charge in [-0.3, -0.25) is 24.0 Å². The lowest BCUT2D eigenvalue weighted by Gasteiger charge is -2.28. The number of rotatable bonds is 11. The summed E-state index contributed by atoms with van der Waals surface area (Å²) in [5, 5.41) is 2.79. The Labute approximate surface area is 232 Å². The Morgan fingerprint density at radius 1 is 0.700 bits per heavy atom. The van der Waals surface area contributed by atoms with E-state index < -0.39 is 66.2 Å². The van der Waals surface area contributed by atoms with Gasteiger partial charge in [-0.15, -0.1) is 0 Å². The molecule has 1 N–H and O–H groups in total. The van der Waals surface area contributed by atoms with Crippen molar-refractivity contribution >= 4 is 29.8 Å². The van der Waals surface area contributed by atoms with Gasteiger partial charge < -0.3 is 29.0 Å². The van der Waals surface area contributed by atoms with E-state index in [0.717, 1.165) is 19.4 Å². The molecule has 0 aromatic heterocycles. The molecule has 11 nitrogen and oxygen atoms in total. The summed E-state index contributed by atoms with van der Waals surface area (Å²) < 4.78 is 27.8. The van der Waals surface area contributed by atoms with Gasteiger partial charge in [0.1, 0.15) is 6.10 Å². The average molecular weight is 556 g/mol. The quantitative estimate of drug-likeness (QED) is 0.324. The van der Waals surface area contributed by atoms with Gasteiger partial charge in [-0.05, 0) is 5.56 Å².